The highest BCUT2D eigenvalue weighted by atomic mass is 16.5. The van der Waals surface area contributed by atoms with Gasteiger partial charge in [0.25, 0.3) is 0 Å². The SMILES string of the molecule is CCNC(COC1CC(C)CCC1C(C)C)C(C)CC. The zero-order valence-electron chi connectivity index (χ0n) is 14.6. The molecule has 20 heavy (non-hydrogen) atoms. The molecule has 0 amide bonds. The molecule has 1 fully saturated rings. The molecule has 5 atom stereocenters. The van der Waals surface area contributed by atoms with Gasteiger partial charge in [-0.15, -0.1) is 0 Å². The maximum absolute atomic E-state index is 6.40. The Hall–Kier alpha value is -0.0800. The average molecular weight is 284 g/mol. The van der Waals surface area contributed by atoms with E-state index in [0.717, 1.165) is 30.9 Å². The Balaban J connectivity index is 2.54. The highest BCUT2D eigenvalue weighted by Gasteiger charge is 2.32. The van der Waals surface area contributed by atoms with Crippen LogP contribution in [-0.4, -0.2) is 25.3 Å². The molecule has 0 aromatic heterocycles. The maximum atomic E-state index is 6.40. The molecule has 1 aliphatic rings. The van der Waals surface area contributed by atoms with E-state index >= 15 is 0 Å². The van der Waals surface area contributed by atoms with Crippen molar-refractivity contribution >= 4 is 0 Å². The lowest BCUT2D eigenvalue weighted by molar-refractivity contribution is -0.0501. The number of hydrogen-bond donors (Lipinski definition) is 1. The van der Waals surface area contributed by atoms with E-state index in [2.05, 4.69) is 46.9 Å². The van der Waals surface area contributed by atoms with Gasteiger partial charge in [0, 0.05) is 6.04 Å². The van der Waals surface area contributed by atoms with Gasteiger partial charge in [0.1, 0.15) is 0 Å². The van der Waals surface area contributed by atoms with Gasteiger partial charge in [-0.05, 0) is 43.1 Å². The molecule has 0 saturated heterocycles. The first-order valence-electron chi connectivity index (χ1n) is 8.84. The molecule has 0 aromatic carbocycles. The Morgan fingerprint density at radius 1 is 1.15 bits per heavy atom. The van der Waals surface area contributed by atoms with Gasteiger partial charge in [0.2, 0.25) is 0 Å². The van der Waals surface area contributed by atoms with Crippen LogP contribution in [0.4, 0.5) is 0 Å². The first-order valence-corrected chi connectivity index (χ1v) is 8.84. The van der Waals surface area contributed by atoms with Crippen molar-refractivity contribution in [2.75, 3.05) is 13.2 Å². The summed E-state index contributed by atoms with van der Waals surface area (Å²) in [5.41, 5.74) is 0. The Morgan fingerprint density at radius 3 is 2.40 bits per heavy atom. The van der Waals surface area contributed by atoms with Crippen molar-refractivity contribution in [2.45, 2.75) is 79.4 Å². The molecule has 0 bridgehead atoms. The van der Waals surface area contributed by atoms with E-state index in [1.54, 1.807) is 0 Å². The van der Waals surface area contributed by atoms with Crippen LogP contribution in [0.25, 0.3) is 0 Å². The molecule has 0 aromatic rings. The molecule has 5 unspecified atom stereocenters. The van der Waals surface area contributed by atoms with Crippen LogP contribution in [0.3, 0.4) is 0 Å². The summed E-state index contributed by atoms with van der Waals surface area (Å²) in [6.07, 6.45) is 5.67. The highest BCUT2D eigenvalue weighted by molar-refractivity contribution is 4.82. The van der Waals surface area contributed by atoms with E-state index in [-0.39, 0.29) is 0 Å². The molecule has 1 rings (SSSR count). The molecule has 120 valence electrons. The smallest absolute Gasteiger partial charge is 0.0626 e. The normalized spacial score (nSPS) is 30.4. The summed E-state index contributed by atoms with van der Waals surface area (Å²) in [7, 11) is 0. The summed E-state index contributed by atoms with van der Waals surface area (Å²) >= 11 is 0. The second-order valence-corrected chi connectivity index (χ2v) is 7.25. The lowest BCUT2D eigenvalue weighted by Gasteiger charge is -2.38. The summed E-state index contributed by atoms with van der Waals surface area (Å²) in [5.74, 6) is 3.02. The van der Waals surface area contributed by atoms with Gasteiger partial charge in [-0.2, -0.15) is 0 Å². The molecule has 0 heterocycles. The van der Waals surface area contributed by atoms with Gasteiger partial charge in [-0.25, -0.2) is 0 Å². The summed E-state index contributed by atoms with van der Waals surface area (Å²) in [6.45, 7) is 15.8. The van der Waals surface area contributed by atoms with E-state index in [1.807, 2.05) is 0 Å². The monoisotopic (exact) mass is 283 g/mol. The third-order valence-corrected chi connectivity index (χ3v) is 5.25. The lowest BCUT2D eigenvalue weighted by Crippen LogP contribution is -2.42. The number of hydrogen-bond acceptors (Lipinski definition) is 2. The van der Waals surface area contributed by atoms with Crippen molar-refractivity contribution in [1.29, 1.82) is 0 Å². The maximum Gasteiger partial charge on any atom is 0.0626 e. The van der Waals surface area contributed by atoms with Crippen molar-refractivity contribution in [3.05, 3.63) is 0 Å². The molecule has 0 spiro atoms. The van der Waals surface area contributed by atoms with Gasteiger partial charge in [-0.1, -0.05) is 54.4 Å². The van der Waals surface area contributed by atoms with E-state index in [9.17, 15) is 0 Å². The zero-order chi connectivity index (χ0) is 15.1. The quantitative estimate of drug-likeness (QED) is 0.709. The third kappa shape index (κ3) is 5.37. The number of likely N-dealkylation sites (N-methyl/N-ethyl adjacent to an activating group) is 1. The van der Waals surface area contributed by atoms with Crippen LogP contribution in [-0.2, 0) is 4.74 Å². The fraction of sp³-hybridized carbons (Fsp3) is 1.00. The van der Waals surface area contributed by atoms with Crippen molar-refractivity contribution < 1.29 is 4.74 Å². The van der Waals surface area contributed by atoms with E-state index in [0.29, 0.717) is 18.1 Å². The van der Waals surface area contributed by atoms with E-state index in [4.69, 9.17) is 4.74 Å². The Morgan fingerprint density at radius 2 is 1.85 bits per heavy atom. The van der Waals surface area contributed by atoms with E-state index < -0.39 is 0 Å². The fourth-order valence-corrected chi connectivity index (χ4v) is 3.50. The van der Waals surface area contributed by atoms with Gasteiger partial charge in [-0.3, -0.25) is 0 Å². The second kappa shape index (κ2) is 9.04. The molecule has 2 heteroatoms. The standard InChI is InChI=1S/C18H37NO/c1-7-15(6)17(19-8-2)12-20-18-11-14(5)9-10-16(18)13(3)4/h13-19H,7-12H2,1-6H3. The van der Waals surface area contributed by atoms with Crippen molar-refractivity contribution in [2.24, 2.45) is 23.7 Å². The van der Waals surface area contributed by atoms with Gasteiger partial charge >= 0.3 is 0 Å². The van der Waals surface area contributed by atoms with Gasteiger partial charge in [0.05, 0.1) is 12.7 Å². The van der Waals surface area contributed by atoms with Crippen molar-refractivity contribution in [3.63, 3.8) is 0 Å². The molecular weight excluding hydrogens is 246 g/mol. The second-order valence-electron chi connectivity index (χ2n) is 7.25. The highest BCUT2D eigenvalue weighted by Crippen LogP contribution is 2.35. The van der Waals surface area contributed by atoms with Crippen LogP contribution in [0.2, 0.25) is 0 Å². The molecular formula is C18H37NO. The van der Waals surface area contributed by atoms with Crippen LogP contribution in [0.1, 0.15) is 67.2 Å². The Labute approximate surface area is 127 Å². The summed E-state index contributed by atoms with van der Waals surface area (Å²) < 4.78 is 6.40. The fourth-order valence-electron chi connectivity index (χ4n) is 3.50. The number of nitrogens with one attached hydrogen (secondary N) is 1. The van der Waals surface area contributed by atoms with Crippen LogP contribution in [0, 0.1) is 23.7 Å². The largest absolute Gasteiger partial charge is 0.376 e. The summed E-state index contributed by atoms with van der Waals surface area (Å²) in [5, 5.41) is 3.60. The molecule has 0 radical (unpaired) electrons. The van der Waals surface area contributed by atoms with Gasteiger partial charge < -0.3 is 10.1 Å². The first kappa shape index (κ1) is 18.0. The number of rotatable bonds is 8. The van der Waals surface area contributed by atoms with Crippen LogP contribution < -0.4 is 5.32 Å². The van der Waals surface area contributed by atoms with Crippen LogP contribution in [0.5, 0.6) is 0 Å². The van der Waals surface area contributed by atoms with Crippen molar-refractivity contribution in [3.8, 4) is 0 Å². The molecule has 2 nitrogen and oxygen atoms in total. The van der Waals surface area contributed by atoms with E-state index in [1.165, 1.54) is 25.7 Å². The van der Waals surface area contributed by atoms with Crippen LogP contribution >= 0.6 is 0 Å². The molecule has 1 saturated carbocycles. The van der Waals surface area contributed by atoms with Crippen molar-refractivity contribution in [1.82, 2.24) is 5.32 Å². The topological polar surface area (TPSA) is 21.3 Å². The number of ether oxygens (including phenoxy) is 1. The average Bonchev–Trinajstić information content (AvgIpc) is 2.42. The molecule has 1 aliphatic carbocycles. The van der Waals surface area contributed by atoms with Crippen LogP contribution in [0.15, 0.2) is 0 Å². The zero-order valence-corrected chi connectivity index (χ0v) is 14.6. The molecule has 1 N–H and O–H groups in total. The summed E-state index contributed by atoms with van der Waals surface area (Å²) in [4.78, 5) is 0. The van der Waals surface area contributed by atoms with Gasteiger partial charge in [0.15, 0.2) is 0 Å². The lowest BCUT2D eigenvalue weighted by atomic mass is 9.75. The predicted octanol–water partition coefficient (Wildman–Crippen LogP) is 4.49. The third-order valence-electron chi connectivity index (χ3n) is 5.25. The Bertz CT molecular complexity index is 254. The first-order chi connectivity index (χ1) is 9.49. The summed E-state index contributed by atoms with van der Waals surface area (Å²) in [6, 6.07) is 0.509. The Kier molecular flexibility index (Phi) is 8.13. The minimum absolute atomic E-state index is 0.476. The minimum atomic E-state index is 0.476. The molecule has 0 aliphatic heterocycles. The predicted molar refractivity (Wildman–Crippen MR) is 88.0 cm³/mol. The minimum Gasteiger partial charge on any atom is -0.376 e.